The smallest absolute Gasteiger partial charge is 0.214 e. The van der Waals surface area contributed by atoms with Crippen molar-refractivity contribution in [3.8, 4) is 5.69 Å². The molecular weight excluding hydrogens is 303 g/mol. The van der Waals surface area contributed by atoms with E-state index in [0.29, 0.717) is 16.2 Å². The van der Waals surface area contributed by atoms with Crippen molar-refractivity contribution in [3.05, 3.63) is 40.9 Å². The fourth-order valence-electron chi connectivity index (χ4n) is 1.78. The summed E-state index contributed by atoms with van der Waals surface area (Å²) in [7, 11) is 0. The highest BCUT2D eigenvalue weighted by Crippen LogP contribution is 2.25. The van der Waals surface area contributed by atoms with Crippen LogP contribution in [0.3, 0.4) is 0 Å². The number of halogens is 2. The van der Waals surface area contributed by atoms with Gasteiger partial charge in [0.05, 0.1) is 17.3 Å². The molecule has 2 heterocycles. The van der Waals surface area contributed by atoms with Crippen LogP contribution in [0.25, 0.3) is 16.7 Å². The van der Waals surface area contributed by atoms with E-state index in [9.17, 15) is 0 Å². The Morgan fingerprint density at radius 2 is 2.05 bits per heavy atom. The molecule has 0 unspecified atom stereocenters. The van der Waals surface area contributed by atoms with Gasteiger partial charge in [-0.25, -0.2) is 9.67 Å². The van der Waals surface area contributed by atoms with Crippen LogP contribution in [0, 0.1) is 0 Å². The van der Waals surface area contributed by atoms with Crippen molar-refractivity contribution in [1.29, 1.82) is 0 Å². The summed E-state index contributed by atoms with van der Waals surface area (Å²) in [5.74, 6) is 0. The number of fused-ring (bicyclic) bond motifs is 1. The second-order valence-electron chi connectivity index (χ2n) is 3.78. The predicted molar refractivity (Wildman–Crippen MR) is 78.5 cm³/mol. The fourth-order valence-corrected chi connectivity index (χ4v) is 2.65. The largest absolute Gasteiger partial charge is 0.225 e. The Morgan fingerprint density at radius 3 is 2.84 bits per heavy atom. The number of nitrogens with zero attached hydrogens (tertiary/aromatic N) is 4. The van der Waals surface area contributed by atoms with Crippen molar-refractivity contribution in [2.75, 3.05) is 6.26 Å². The minimum Gasteiger partial charge on any atom is -0.214 e. The van der Waals surface area contributed by atoms with Gasteiger partial charge in [-0.1, -0.05) is 17.7 Å². The van der Waals surface area contributed by atoms with Crippen LogP contribution in [-0.4, -0.2) is 26.0 Å². The van der Waals surface area contributed by atoms with E-state index in [-0.39, 0.29) is 5.28 Å². The monoisotopic (exact) mass is 310 g/mol. The minimum atomic E-state index is 0.111. The van der Waals surface area contributed by atoms with E-state index < -0.39 is 0 Å². The summed E-state index contributed by atoms with van der Waals surface area (Å²) >= 11 is 13.5. The van der Waals surface area contributed by atoms with Gasteiger partial charge < -0.3 is 0 Å². The first-order valence-electron chi connectivity index (χ1n) is 5.40. The molecule has 4 nitrogen and oxygen atoms in total. The summed E-state index contributed by atoms with van der Waals surface area (Å²) in [6.07, 6.45) is 3.66. The summed E-state index contributed by atoms with van der Waals surface area (Å²) in [4.78, 5) is 9.24. The molecule has 0 amide bonds. The average Bonchev–Trinajstić information content (AvgIpc) is 2.82. The van der Waals surface area contributed by atoms with E-state index in [1.807, 2.05) is 30.5 Å². The number of hydrogen-bond acceptors (Lipinski definition) is 4. The van der Waals surface area contributed by atoms with Gasteiger partial charge in [-0.3, -0.25) is 0 Å². The Hall–Kier alpha value is -1.30. The number of rotatable bonds is 2. The zero-order valence-corrected chi connectivity index (χ0v) is 12.2. The van der Waals surface area contributed by atoms with E-state index >= 15 is 0 Å². The van der Waals surface area contributed by atoms with Gasteiger partial charge in [0.1, 0.15) is 5.15 Å². The highest BCUT2D eigenvalue weighted by Gasteiger charge is 2.12. The normalized spacial score (nSPS) is 11.1. The van der Waals surface area contributed by atoms with Crippen molar-refractivity contribution in [2.45, 2.75) is 4.90 Å². The maximum atomic E-state index is 6.03. The molecule has 0 radical (unpaired) electrons. The van der Waals surface area contributed by atoms with E-state index in [1.165, 1.54) is 0 Å². The lowest BCUT2D eigenvalue weighted by molar-refractivity contribution is 0.892. The third-order valence-corrected chi connectivity index (χ3v) is 3.84. The Labute approximate surface area is 123 Å². The standard InChI is InChI=1S/C12H8Cl2N4S/c1-19-8-4-2-3-7(5-8)18-11-9(6-15-18)10(13)16-12(14)17-11/h2-6H,1H3. The molecule has 1 aromatic carbocycles. The van der Waals surface area contributed by atoms with Crippen LogP contribution in [-0.2, 0) is 0 Å². The van der Waals surface area contributed by atoms with Gasteiger partial charge in [0.15, 0.2) is 5.65 Å². The third kappa shape index (κ3) is 2.29. The van der Waals surface area contributed by atoms with E-state index in [2.05, 4.69) is 15.1 Å². The van der Waals surface area contributed by atoms with Crippen LogP contribution in [0.15, 0.2) is 35.4 Å². The molecule has 0 bridgehead atoms. The SMILES string of the molecule is CSc1cccc(-n2ncc3c(Cl)nc(Cl)nc32)c1. The molecule has 96 valence electrons. The summed E-state index contributed by atoms with van der Waals surface area (Å²) in [6, 6.07) is 7.99. The van der Waals surface area contributed by atoms with Gasteiger partial charge in [0.2, 0.25) is 5.28 Å². The molecule has 3 rings (SSSR count). The first kappa shape index (κ1) is 12.7. The van der Waals surface area contributed by atoms with Crippen LogP contribution < -0.4 is 0 Å². The van der Waals surface area contributed by atoms with Gasteiger partial charge in [0, 0.05) is 4.90 Å². The Bertz CT molecular complexity index is 757. The lowest BCUT2D eigenvalue weighted by Gasteiger charge is -2.04. The highest BCUT2D eigenvalue weighted by atomic mass is 35.5. The molecule has 0 aliphatic heterocycles. The third-order valence-electron chi connectivity index (χ3n) is 2.65. The zero-order valence-electron chi connectivity index (χ0n) is 9.84. The van der Waals surface area contributed by atoms with Crippen LogP contribution in [0.2, 0.25) is 10.4 Å². The van der Waals surface area contributed by atoms with Crippen molar-refractivity contribution >= 4 is 46.0 Å². The molecular formula is C12H8Cl2N4S. The van der Waals surface area contributed by atoms with Gasteiger partial charge >= 0.3 is 0 Å². The number of benzene rings is 1. The highest BCUT2D eigenvalue weighted by molar-refractivity contribution is 7.98. The molecule has 0 spiro atoms. The van der Waals surface area contributed by atoms with Crippen molar-refractivity contribution < 1.29 is 0 Å². The molecule has 7 heteroatoms. The average molecular weight is 311 g/mol. The lowest BCUT2D eigenvalue weighted by atomic mass is 10.3. The van der Waals surface area contributed by atoms with Crippen LogP contribution >= 0.6 is 35.0 Å². The summed E-state index contributed by atoms with van der Waals surface area (Å²) < 4.78 is 1.70. The molecule has 0 aliphatic carbocycles. The molecule has 0 N–H and O–H groups in total. The Morgan fingerprint density at radius 1 is 1.21 bits per heavy atom. The minimum absolute atomic E-state index is 0.111. The second-order valence-corrected chi connectivity index (χ2v) is 5.35. The predicted octanol–water partition coefficient (Wildman–Crippen LogP) is 3.84. The molecule has 0 saturated carbocycles. The van der Waals surface area contributed by atoms with Gasteiger partial charge in [-0.05, 0) is 36.1 Å². The Kier molecular flexibility index (Phi) is 3.35. The van der Waals surface area contributed by atoms with Crippen molar-refractivity contribution in [1.82, 2.24) is 19.7 Å². The van der Waals surface area contributed by atoms with E-state index in [4.69, 9.17) is 23.2 Å². The molecule has 0 fully saturated rings. The van der Waals surface area contributed by atoms with Crippen LogP contribution in [0.4, 0.5) is 0 Å². The van der Waals surface area contributed by atoms with Gasteiger partial charge in [-0.2, -0.15) is 10.1 Å². The summed E-state index contributed by atoms with van der Waals surface area (Å²) in [5, 5.41) is 5.40. The lowest BCUT2D eigenvalue weighted by Crippen LogP contribution is -1.98. The van der Waals surface area contributed by atoms with Crippen LogP contribution in [0.5, 0.6) is 0 Å². The molecule has 0 aliphatic rings. The number of thioether (sulfide) groups is 1. The first-order valence-corrected chi connectivity index (χ1v) is 7.38. The first-order chi connectivity index (χ1) is 9.19. The van der Waals surface area contributed by atoms with Gasteiger partial charge in [-0.15, -0.1) is 11.8 Å². The number of hydrogen-bond donors (Lipinski definition) is 0. The summed E-state index contributed by atoms with van der Waals surface area (Å²) in [6.45, 7) is 0. The van der Waals surface area contributed by atoms with Gasteiger partial charge in [0.25, 0.3) is 0 Å². The maximum absolute atomic E-state index is 6.03. The second kappa shape index (κ2) is 5.00. The maximum Gasteiger partial charge on any atom is 0.225 e. The van der Waals surface area contributed by atoms with Crippen molar-refractivity contribution in [3.63, 3.8) is 0 Å². The fraction of sp³-hybridized carbons (Fsp3) is 0.0833. The van der Waals surface area contributed by atoms with E-state index in [0.717, 1.165) is 10.6 Å². The molecule has 0 atom stereocenters. The summed E-state index contributed by atoms with van der Waals surface area (Å²) in [5.41, 5.74) is 1.51. The molecule has 3 aromatic rings. The van der Waals surface area contributed by atoms with Crippen LogP contribution in [0.1, 0.15) is 0 Å². The number of aromatic nitrogens is 4. The van der Waals surface area contributed by atoms with Crippen molar-refractivity contribution in [2.24, 2.45) is 0 Å². The molecule has 0 saturated heterocycles. The molecule has 19 heavy (non-hydrogen) atoms. The molecule has 2 aromatic heterocycles. The van der Waals surface area contributed by atoms with E-state index in [1.54, 1.807) is 22.6 Å². The Balaban J connectivity index is 2.25. The zero-order chi connectivity index (χ0) is 13.4. The topological polar surface area (TPSA) is 43.6 Å². The quantitative estimate of drug-likeness (QED) is 0.410.